The van der Waals surface area contributed by atoms with Crippen LogP contribution in [0.2, 0.25) is 0 Å². The summed E-state index contributed by atoms with van der Waals surface area (Å²) in [5.74, 6) is 0.682. The van der Waals surface area contributed by atoms with Gasteiger partial charge in [-0.1, -0.05) is 27.7 Å². The molecular weight excluding hydrogens is 212 g/mol. The van der Waals surface area contributed by atoms with Gasteiger partial charge in [-0.25, -0.2) is 0 Å². The lowest BCUT2D eigenvalue weighted by Crippen LogP contribution is -2.45. The Morgan fingerprint density at radius 2 is 2.18 bits per heavy atom. The molecule has 1 unspecified atom stereocenters. The van der Waals surface area contributed by atoms with Crippen LogP contribution in [0.5, 0.6) is 0 Å². The molecule has 0 spiro atoms. The van der Waals surface area contributed by atoms with Gasteiger partial charge in [0.05, 0.1) is 0 Å². The number of rotatable bonds is 4. The van der Waals surface area contributed by atoms with E-state index < -0.39 is 0 Å². The zero-order valence-electron chi connectivity index (χ0n) is 11.8. The SMILES string of the molecule is CC(CC(=O)N[C@@H]1CCCNC1)CC(C)(C)C. The van der Waals surface area contributed by atoms with Gasteiger partial charge in [-0.3, -0.25) is 4.79 Å². The monoisotopic (exact) mass is 240 g/mol. The van der Waals surface area contributed by atoms with Crippen LogP contribution in [0.15, 0.2) is 0 Å². The molecule has 17 heavy (non-hydrogen) atoms. The third-order valence-electron chi connectivity index (χ3n) is 3.16. The summed E-state index contributed by atoms with van der Waals surface area (Å²) in [4.78, 5) is 11.9. The van der Waals surface area contributed by atoms with Crippen molar-refractivity contribution in [3.8, 4) is 0 Å². The quantitative estimate of drug-likeness (QED) is 0.792. The van der Waals surface area contributed by atoms with E-state index in [2.05, 4.69) is 38.3 Å². The van der Waals surface area contributed by atoms with Gasteiger partial charge in [0, 0.05) is 19.0 Å². The van der Waals surface area contributed by atoms with Crippen molar-refractivity contribution >= 4 is 5.91 Å². The molecule has 1 aliphatic heterocycles. The molecule has 0 saturated carbocycles. The summed E-state index contributed by atoms with van der Waals surface area (Å²) in [7, 11) is 0. The summed E-state index contributed by atoms with van der Waals surface area (Å²) >= 11 is 0. The molecule has 0 bridgehead atoms. The van der Waals surface area contributed by atoms with Gasteiger partial charge in [0.2, 0.25) is 5.91 Å². The molecule has 1 saturated heterocycles. The highest BCUT2D eigenvalue weighted by Gasteiger charge is 2.20. The van der Waals surface area contributed by atoms with E-state index in [-0.39, 0.29) is 5.91 Å². The first-order chi connectivity index (χ1) is 7.87. The molecule has 1 heterocycles. The highest BCUT2D eigenvalue weighted by molar-refractivity contribution is 5.76. The normalized spacial score (nSPS) is 23.2. The predicted molar refractivity (Wildman–Crippen MR) is 71.9 cm³/mol. The minimum Gasteiger partial charge on any atom is -0.352 e. The third-order valence-corrected chi connectivity index (χ3v) is 3.16. The van der Waals surface area contributed by atoms with Crippen LogP contribution in [0, 0.1) is 11.3 Å². The van der Waals surface area contributed by atoms with E-state index in [1.165, 1.54) is 6.42 Å². The molecule has 100 valence electrons. The van der Waals surface area contributed by atoms with E-state index in [0.29, 0.717) is 23.8 Å². The minimum absolute atomic E-state index is 0.218. The third kappa shape index (κ3) is 6.67. The minimum atomic E-state index is 0.218. The van der Waals surface area contributed by atoms with Gasteiger partial charge >= 0.3 is 0 Å². The Kier molecular flexibility index (Phi) is 5.44. The average molecular weight is 240 g/mol. The van der Waals surface area contributed by atoms with Gasteiger partial charge in [-0.05, 0) is 37.1 Å². The number of nitrogens with one attached hydrogen (secondary N) is 2. The lowest BCUT2D eigenvalue weighted by atomic mass is 9.84. The average Bonchev–Trinajstić information content (AvgIpc) is 2.15. The van der Waals surface area contributed by atoms with E-state index >= 15 is 0 Å². The first-order valence-corrected chi connectivity index (χ1v) is 6.87. The van der Waals surface area contributed by atoms with Crippen molar-refractivity contribution in [2.45, 2.75) is 59.4 Å². The van der Waals surface area contributed by atoms with Crippen LogP contribution in [0.25, 0.3) is 0 Å². The molecule has 0 aromatic rings. The van der Waals surface area contributed by atoms with Crippen molar-refractivity contribution in [3.05, 3.63) is 0 Å². The molecule has 1 fully saturated rings. The summed E-state index contributed by atoms with van der Waals surface area (Å²) in [5, 5.41) is 6.45. The Morgan fingerprint density at radius 3 is 2.71 bits per heavy atom. The maximum absolute atomic E-state index is 11.9. The fraction of sp³-hybridized carbons (Fsp3) is 0.929. The zero-order chi connectivity index (χ0) is 12.9. The zero-order valence-corrected chi connectivity index (χ0v) is 11.8. The van der Waals surface area contributed by atoms with E-state index in [0.717, 1.165) is 25.9 Å². The second kappa shape index (κ2) is 6.39. The summed E-state index contributed by atoms with van der Waals surface area (Å²) in [6.07, 6.45) is 4.05. The molecule has 3 nitrogen and oxygen atoms in total. The van der Waals surface area contributed by atoms with Gasteiger partial charge in [0.1, 0.15) is 0 Å². The maximum Gasteiger partial charge on any atom is 0.220 e. The van der Waals surface area contributed by atoms with Crippen molar-refractivity contribution < 1.29 is 4.79 Å². The lowest BCUT2D eigenvalue weighted by molar-refractivity contribution is -0.122. The number of hydrogen-bond donors (Lipinski definition) is 2. The van der Waals surface area contributed by atoms with Crippen molar-refractivity contribution in [2.24, 2.45) is 11.3 Å². The van der Waals surface area contributed by atoms with Crippen molar-refractivity contribution in [1.82, 2.24) is 10.6 Å². The molecular formula is C14H28N2O. The first-order valence-electron chi connectivity index (χ1n) is 6.87. The Bertz CT molecular complexity index is 239. The molecule has 1 aliphatic rings. The summed E-state index contributed by atoms with van der Waals surface area (Å²) < 4.78 is 0. The predicted octanol–water partition coefficient (Wildman–Crippen LogP) is 2.32. The van der Waals surface area contributed by atoms with Gasteiger partial charge in [-0.15, -0.1) is 0 Å². The highest BCUT2D eigenvalue weighted by atomic mass is 16.1. The maximum atomic E-state index is 11.9. The Hall–Kier alpha value is -0.570. The number of carbonyl (C=O) groups is 1. The molecule has 1 amide bonds. The Morgan fingerprint density at radius 1 is 1.47 bits per heavy atom. The number of amides is 1. The van der Waals surface area contributed by atoms with Crippen LogP contribution in [-0.2, 0) is 4.79 Å². The molecule has 3 heteroatoms. The second-order valence-electron chi connectivity index (χ2n) is 6.68. The van der Waals surface area contributed by atoms with E-state index in [1.54, 1.807) is 0 Å². The van der Waals surface area contributed by atoms with Crippen LogP contribution in [0.3, 0.4) is 0 Å². The summed E-state index contributed by atoms with van der Waals surface area (Å²) in [5.41, 5.74) is 0.312. The second-order valence-corrected chi connectivity index (χ2v) is 6.68. The fourth-order valence-electron chi connectivity index (χ4n) is 2.70. The summed E-state index contributed by atoms with van der Waals surface area (Å²) in [6, 6.07) is 0.345. The highest BCUT2D eigenvalue weighted by Crippen LogP contribution is 2.25. The molecule has 0 aromatic heterocycles. The van der Waals surface area contributed by atoms with Crippen LogP contribution in [-0.4, -0.2) is 25.0 Å². The first kappa shape index (κ1) is 14.5. The standard InChI is InChI=1S/C14H28N2O/c1-11(9-14(2,3)4)8-13(17)16-12-6-5-7-15-10-12/h11-12,15H,5-10H2,1-4H3,(H,16,17)/t11?,12-/m1/s1. The van der Waals surface area contributed by atoms with E-state index in [1.807, 2.05) is 0 Å². The molecule has 2 N–H and O–H groups in total. The smallest absolute Gasteiger partial charge is 0.220 e. The van der Waals surface area contributed by atoms with Gasteiger partial charge in [0.15, 0.2) is 0 Å². The molecule has 1 rings (SSSR count). The lowest BCUT2D eigenvalue weighted by Gasteiger charge is -2.26. The van der Waals surface area contributed by atoms with Crippen LogP contribution in [0.1, 0.15) is 53.4 Å². The van der Waals surface area contributed by atoms with Gasteiger partial charge in [0.25, 0.3) is 0 Å². The Labute approximate surface area is 106 Å². The molecule has 0 radical (unpaired) electrons. The van der Waals surface area contributed by atoms with Crippen molar-refractivity contribution in [2.75, 3.05) is 13.1 Å². The van der Waals surface area contributed by atoms with E-state index in [4.69, 9.17) is 0 Å². The number of hydrogen-bond acceptors (Lipinski definition) is 2. The van der Waals surface area contributed by atoms with Crippen LogP contribution < -0.4 is 10.6 Å². The fourth-order valence-corrected chi connectivity index (χ4v) is 2.70. The van der Waals surface area contributed by atoms with Crippen molar-refractivity contribution in [1.29, 1.82) is 0 Å². The molecule has 0 aliphatic carbocycles. The molecule has 0 aromatic carbocycles. The van der Waals surface area contributed by atoms with Crippen LogP contribution in [0.4, 0.5) is 0 Å². The van der Waals surface area contributed by atoms with Gasteiger partial charge < -0.3 is 10.6 Å². The number of carbonyl (C=O) groups excluding carboxylic acids is 1. The number of piperidine rings is 1. The van der Waals surface area contributed by atoms with Crippen molar-refractivity contribution in [3.63, 3.8) is 0 Å². The van der Waals surface area contributed by atoms with Crippen LogP contribution >= 0.6 is 0 Å². The van der Waals surface area contributed by atoms with Gasteiger partial charge in [-0.2, -0.15) is 0 Å². The summed E-state index contributed by atoms with van der Waals surface area (Å²) in [6.45, 7) is 10.9. The molecule has 2 atom stereocenters. The largest absolute Gasteiger partial charge is 0.352 e. The topological polar surface area (TPSA) is 41.1 Å². The Balaban J connectivity index is 2.23. The van der Waals surface area contributed by atoms with E-state index in [9.17, 15) is 4.79 Å².